The molecular weight excluding hydrogens is 216 g/mol. The fourth-order valence-corrected chi connectivity index (χ4v) is 2.84. The van der Waals surface area contributed by atoms with Crippen molar-refractivity contribution in [1.29, 1.82) is 0 Å². The Balaban J connectivity index is 1.64. The normalized spacial score (nSPS) is 31.6. The molecule has 2 aliphatic heterocycles. The first-order valence-corrected chi connectivity index (χ1v) is 7.08. The third kappa shape index (κ3) is 4.54. The zero-order chi connectivity index (χ0) is 11.9. The Kier molecular flexibility index (Phi) is 5.71. The van der Waals surface area contributed by atoms with Crippen LogP contribution in [0.4, 0.5) is 0 Å². The van der Waals surface area contributed by atoms with Gasteiger partial charge >= 0.3 is 0 Å². The topological polar surface area (TPSA) is 56.5 Å². The van der Waals surface area contributed by atoms with E-state index in [9.17, 15) is 0 Å². The molecule has 0 aromatic carbocycles. The Morgan fingerprint density at radius 3 is 2.47 bits per heavy atom. The molecule has 3 unspecified atom stereocenters. The van der Waals surface area contributed by atoms with Crippen molar-refractivity contribution >= 4 is 0 Å². The Labute approximate surface area is 104 Å². The van der Waals surface area contributed by atoms with Crippen molar-refractivity contribution in [3.05, 3.63) is 0 Å². The highest BCUT2D eigenvalue weighted by molar-refractivity contribution is 4.75. The maximum Gasteiger partial charge on any atom is 0.0590 e. The first-order chi connectivity index (χ1) is 8.38. The van der Waals surface area contributed by atoms with Crippen LogP contribution in [0.5, 0.6) is 0 Å². The lowest BCUT2D eigenvalue weighted by molar-refractivity contribution is 0.00341. The molecule has 3 atom stereocenters. The summed E-state index contributed by atoms with van der Waals surface area (Å²) in [7, 11) is 0. The number of ether oxygens (including phenoxy) is 2. The number of nitrogens with one attached hydrogen (secondary N) is 1. The summed E-state index contributed by atoms with van der Waals surface area (Å²) < 4.78 is 11.4. The van der Waals surface area contributed by atoms with E-state index >= 15 is 0 Å². The zero-order valence-corrected chi connectivity index (χ0v) is 10.7. The van der Waals surface area contributed by atoms with Crippen LogP contribution < -0.4 is 11.3 Å². The smallest absolute Gasteiger partial charge is 0.0590 e. The van der Waals surface area contributed by atoms with Crippen molar-refractivity contribution in [2.75, 3.05) is 13.2 Å². The van der Waals surface area contributed by atoms with Gasteiger partial charge in [-0.15, -0.1) is 0 Å². The summed E-state index contributed by atoms with van der Waals surface area (Å²) in [6.45, 7) is 1.87. The molecule has 2 fully saturated rings. The van der Waals surface area contributed by atoms with E-state index in [2.05, 4.69) is 5.43 Å². The second kappa shape index (κ2) is 7.31. The SMILES string of the molecule is NNC(CCC1CCCO1)CC1CCCCO1. The van der Waals surface area contributed by atoms with Gasteiger partial charge in [0, 0.05) is 19.3 Å². The van der Waals surface area contributed by atoms with Crippen molar-refractivity contribution < 1.29 is 9.47 Å². The van der Waals surface area contributed by atoms with Gasteiger partial charge in [0.2, 0.25) is 0 Å². The van der Waals surface area contributed by atoms with Crippen LogP contribution in [0.1, 0.15) is 51.4 Å². The third-order valence-electron chi connectivity index (χ3n) is 3.92. The Morgan fingerprint density at radius 2 is 1.82 bits per heavy atom. The predicted molar refractivity (Wildman–Crippen MR) is 67.5 cm³/mol. The molecule has 17 heavy (non-hydrogen) atoms. The molecule has 0 saturated carbocycles. The van der Waals surface area contributed by atoms with Gasteiger partial charge in [-0.2, -0.15) is 0 Å². The predicted octanol–water partition coefficient (Wildman–Crippen LogP) is 1.74. The van der Waals surface area contributed by atoms with Gasteiger partial charge in [-0.3, -0.25) is 11.3 Å². The molecule has 0 aromatic rings. The number of hydrogen-bond acceptors (Lipinski definition) is 4. The summed E-state index contributed by atoms with van der Waals surface area (Å²) >= 11 is 0. The first-order valence-electron chi connectivity index (χ1n) is 7.08. The number of hydrazine groups is 1. The summed E-state index contributed by atoms with van der Waals surface area (Å²) in [5.41, 5.74) is 2.94. The van der Waals surface area contributed by atoms with Crippen molar-refractivity contribution in [3.8, 4) is 0 Å². The molecule has 2 aliphatic rings. The van der Waals surface area contributed by atoms with Gasteiger partial charge in [-0.05, 0) is 51.4 Å². The Bertz CT molecular complexity index is 202. The van der Waals surface area contributed by atoms with Crippen molar-refractivity contribution in [3.63, 3.8) is 0 Å². The van der Waals surface area contributed by atoms with Gasteiger partial charge in [0.1, 0.15) is 0 Å². The van der Waals surface area contributed by atoms with E-state index in [1.165, 1.54) is 32.1 Å². The minimum Gasteiger partial charge on any atom is -0.378 e. The summed E-state index contributed by atoms with van der Waals surface area (Å²) in [4.78, 5) is 0. The van der Waals surface area contributed by atoms with E-state index in [0.717, 1.165) is 32.5 Å². The van der Waals surface area contributed by atoms with Crippen molar-refractivity contribution in [2.24, 2.45) is 5.84 Å². The highest BCUT2D eigenvalue weighted by Gasteiger charge is 2.21. The molecule has 0 aliphatic carbocycles. The van der Waals surface area contributed by atoms with Gasteiger partial charge in [0.25, 0.3) is 0 Å². The van der Waals surface area contributed by atoms with Crippen LogP contribution in [-0.2, 0) is 9.47 Å². The highest BCUT2D eigenvalue weighted by Crippen LogP contribution is 2.21. The lowest BCUT2D eigenvalue weighted by Gasteiger charge is -2.27. The summed E-state index contributed by atoms with van der Waals surface area (Å²) in [5, 5.41) is 0. The van der Waals surface area contributed by atoms with Crippen LogP contribution in [-0.4, -0.2) is 31.5 Å². The monoisotopic (exact) mass is 242 g/mol. The second-order valence-corrected chi connectivity index (χ2v) is 5.30. The van der Waals surface area contributed by atoms with Gasteiger partial charge in [0.15, 0.2) is 0 Å². The van der Waals surface area contributed by atoms with E-state index < -0.39 is 0 Å². The molecule has 2 heterocycles. The Hall–Kier alpha value is -0.160. The lowest BCUT2D eigenvalue weighted by Crippen LogP contribution is -2.39. The second-order valence-electron chi connectivity index (χ2n) is 5.30. The molecule has 2 saturated heterocycles. The fraction of sp³-hybridized carbons (Fsp3) is 1.00. The lowest BCUT2D eigenvalue weighted by atomic mass is 9.97. The minimum atomic E-state index is 0.377. The third-order valence-corrected chi connectivity index (χ3v) is 3.92. The first kappa shape index (κ1) is 13.3. The molecule has 0 spiro atoms. The Morgan fingerprint density at radius 1 is 1.06 bits per heavy atom. The molecule has 0 bridgehead atoms. The van der Waals surface area contributed by atoms with E-state index in [1.807, 2.05) is 0 Å². The van der Waals surface area contributed by atoms with Crippen molar-refractivity contribution in [2.45, 2.75) is 69.6 Å². The van der Waals surface area contributed by atoms with Gasteiger partial charge in [-0.1, -0.05) is 0 Å². The van der Waals surface area contributed by atoms with Crippen molar-refractivity contribution in [1.82, 2.24) is 5.43 Å². The number of rotatable bonds is 6. The minimum absolute atomic E-state index is 0.377. The quantitative estimate of drug-likeness (QED) is 0.550. The molecule has 0 aromatic heterocycles. The summed E-state index contributed by atoms with van der Waals surface area (Å²) in [5.74, 6) is 5.63. The zero-order valence-electron chi connectivity index (χ0n) is 10.7. The molecule has 0 amide bonds. The summed E-state index contributed by atoms with van der Waals surface area (Å²) in [6, 6.07) is 0.377. The van der Waals surface area contributed by atoms with Crippen LogP contribution in [0.2, 0.25) is 0 Å². The molecule has 3 N–H and O–H groups in total. The van der Waals surface area contributed by atoms with Crippen LogP contribution in [0.3, 0.4) is 0 Å². The van der Waals surface area contributed by atoms with E-state index in [-0.39, 0.29) is 0 Å². The molecule has 4 nitrogen and oxygen atoms in total. The largest absolute Gasteiger partial charge is 0.378 e. The highest BCUT2D eigenvalue weighted by atomic mass is 16.5. The average molecular weight is 242 g/mol. The molecule has 4 heteroatoms. The van der Waals surface area contributed by atoms with Gasteiger partial charge in [-0.25, -0.2) is 0 Å². The standard InChI is InChI=1S/C13H26N2O2/c14-15-11(6-7-12-5-3-9-16-12)10-13-4-1-2-8-17-13/h11-13,15H,1-10,14H2. The number of nitrogens with two attached hydrogens (primary N) is 1. The molecule has 2 rings (SSSR count). The van der Waals surface area contributed by atoms with Crippen LogP contribution in [0, 0.1) is 0 Å². The average Bonchev–Trinajstić information content (AvgIpc) is 2.89. The number of hydrogen-bond donors (Lipinski definition) is 2. The fourth-order valence-electron chi connectivity index (χ4n) is 2.84. The van der Waals surface area contributed by atoms with Gasteiger partial charge < -0.3 is 9.47 Å². The molecular formula is C13H26N2O2. The van der Waals surface area contributed by atoms with Crippen LogP contribution >= 0.6 is 0 Å². The molecule has 0 radical (unpaired) electrons. The molecule has 100 valence electrons. The summed E-state index contributed by atoms with van der Waals surface area (Å²) in [6.07, 6.45) is 10.3. The van der Waals surface area contributed by atoms with E-state index in [0.29, 0.717) is 18.2 Å². The van der Waals surface area contributed by atoms with Crippen LogP contribution in [0.15, 0.2) is 0 Å². The van der Waals surface area contributed by atoms with E-state index in [4.69, 9.17) is 15.3 Å². The van der Waals surface area contributed by atoms with E-state index in [1.54, 1.807) is 0 Å². The van der Waals surface area contributed by atoms with Gasteiger partial charge in [0.05, 0.1) is 12.2 Å². The van der Waals surface area contributed by atoms with Crippen LogP contribution in [0.25, 0.3) is 0 Å². The maximum atomic E-state index is 5.76. The maximum absolute atomic E-state index is 5.76.